The summed E-state index contributed by atoms with van der Waals surface area (Å²) in [5.74, 6) is -1.20. The third kappa shape index (κ3) is 5.48. The first-order valence-corrected chi connectivity index (χ1v) is 7.87. The van der Waals surface area contributed by atoms with Gasteiger partial charge in [0.05, 0.1) is 0 Å². The van der Waals surface area contributed by atoms with Gasteiger partial charge < -0.3 is 15.5 Å². The average Bonchev–Trinajstić information content (AvgIpc) is 2.51. The minimum atomic E-state index is -0.614. The van der Waals surface area contributed by atoms with Gasteiger partial charge in [0.25, 0.3) is 0 Å². The van der Waals surface area contributed by atoms with Crippen molar-refractivity contribution < 1.29 is 9.59 Å². The summed E-state index contributed by atoms with van der Waals surface area (Å²) in [6.45, 7) is 11.5. The van der Waals surface area contributed by atoms with Crippen molar-refractivity contribution >= 4 is 17.5 Å². The molecule has 0 unspecified atom stereocenters. The van der Waals surface area contributed by atoms with E-state index in [1.165, 1.54) is 0 Å². The van der Waals surface area contributed by atoms with Crippen molar-refractivity contribution in [2.45, 2.75) is 34.1 Å². The summed E-state index contributed by atoms with van der Waals surface area (Å²) in [6.07, 6.45) is 0.837. The lowest BCUT2D eigenvalue weighted by Gasteiger charge is -2.17. The number of rotatable bonds is 7. The molecule has 5 nitrogen and oxygen atoms in total. The van der Waals surface area contributed by atoms with Gasteiger partial charge in [-0.05, 0) is 57.1 Å². The van der Waals surface area contributed by atoms with E-state index >= 15 is 0 Å². The average molecular weight is 305 g/mol. The van der Waals surface area contributed by atoms with Gasteiger partial charge in [-0.25, -0.2) is 0 Å². The van der Waals surface area contributed by atoms with Crippen molar-refractivity contribution in [1.82, 2.24) is 10.2 Å². The number of benzene rings is 1. The molecular weight excluding hydrogens is 278 g/mol. The molecule has 0 aliphatic rings. The summed E-state index contributed by atoms with van der Waals surface area (Å²) in [5.41, 5.74) is 2.74. The SMILES string of the molecule is CCN(CC)CCCNC(=O)C(=O)Nc1cccc(C)c1C. The number of carbonyl (C=O) groups is 2. The van der Waals surface area contributed by atoms with Crippen LogP contribution in [-0.2, 0) is 9.59 Å². The van der Waals surface area contributed by atoms with Crippen LogP contribution in [0.25, 0.3) is 0 Å². The van der Waals surface area contributed by atoms with E-state index in [9.17, 15) is 9.59 Å². The van der Waals surface area contributed by atoms with Crippen molar-refractivity contribution in [3.63, 3.8) is 0 Å². The first-order chi connectivity index (χ1) is 10.5. The van der Waals surface area contributed by atoms with Crippen molar-refractivity contribution in [1.29, 1.82) is 0 Å². The molecule has 0 saturated heterocycles. The highest BCUT2D eigenvalue weighted by Crippen LogP contribution is 2.17. The van der Waals surface area contributed by atoms with Crippen LogP contribution in [0.3, 0.4) is 0 Å². The monoisotopic (exact) mass is 305 g/mol. The van der Waals surface area contributed by atoms with E-state index in [1.54, 1.807) is 6.07 Å². The second-order valence-corrected chi connectivity index (χ2v) is 5.34. The fourth-order valence-electron chi connectivity index (χ4n) is 2.19. The van der Waals surface area contributed by atoms with Crippen LogP contribution in [0, 0.1) is 13.8 Å². The van der Waals surface area contributed by atoms with Gasteiger partial charge in [-0.2, -0.15) is 0 Å². The number of amides is 2. The molecule has 5 heteroatoms. The summed E-state index contributed by atoms with van der Waals surface area (Å²) in [5, 5.41) is 5.32. The summed E-state index contributed by atoms with van der Waals surface area (Å²) >= 11 is 0. The maximum atomic E-state index is 11.9. The lowest BCUT2D eigenvalue weighted by atomic mass is 10.1. The fourth-order valence-corrected chi connectivity index (χ4v) is 2.19. The fraction of sp³-hybridized carbons (Fsp3) is 0.529. The van der Waals surface area contributed by atoms with Gasteiger partial charge in [0, 0.05) is 12.2 Å². The van der Waals surface area contributed by atoms with Crippen LogP contribution in [0.5, 0.6) is 0 Å². The van der Waals surface area contributed by atoms with E-state index in [2.05, 4.69) is 29.4 Å². The number of anilines is 1. The lowest BCUT2D eigenvalue weighted by molar-refractivity contribution is -0.136. The summed E-state index contributed by atoms with van der Waals surface area (Å²) in [7, 11) is 0. The Labute approximate surface area is 133 Å². The molecule has 0 aliphatic carbocycles. The standard InChI is InChI=1S/C17H27N3O2/c1-5-20(6-2)12-8-11-18-16(21)17(22)19-15-10-7-9-13(3)14(15)4/h7,9-10H,5-6,8,11-12H2,1-4H3,(H,18,21)(H,19,22). The molecule has 0 atom stereocenters. The zero-order chi connectivity index (χ0) is 16.5. The van der Waals surface area contributed by atoms with Crippen LogP contribution in [0.1, 0.15) is 31.4 Å². The molecule has 22 heavy (non-hydrogen) atoms. The first kappa shape index (κ1) is 18.2. The molecule has 1 aromatic carbocycles. The van der Waals surface area contributed by atoms with E-state index < -0.39 is 11.8 Å². The van der Waals surface area contributed by atoms with Crippen LogP contribution >= 0.6 is 0 Å². The molecule has 1 aromatic rings. The van der Waals surface area contributed by atoms with E-state index in [-0.39, 0.29) is 0 Å². The van der Waals surface area contributed by atoms with Crippen molar-refractivity contribution in [3.8, 4) is 0 Å². The first-order valence-electron chi connectivity index (χ1n) is 7.87. The van der Waals surface area contributed by atoms with E-state index in [1.807, 2.05) is 26.0 Å². The van der Waals surface area contributed by atoms with E-state index in [0.717, 1.165) is 37.2 Å². The maximum absolute atomic E-state index is 11.9. The van der Waals surface area contributed by atoms with Gasteiger partial charge in [0.15, 0.2) is 0 Å². The van der Waals surface area contributed by atoms with Gasteiger partial charge in [-0.1, -0.05) is 26.0 Å². The molecule has 0 aromatic heterocycles. The Bertz CT molecular complexity index is 511. The minimum Gasteiger partial charge on any atom is -0.348 e. The molecular formula is C17H27N3O2. The van der Waals surface area contributed by atoms with Gasteiger partial charge in [-0.15, -0.1) is 0 Å². The van der Waals surface area contributed by atoms with E-state index in [4.69, 9.17) is 0 Å². The third-order valence-corrected chi connectivity index (χ3v) is 3.89. The van der Waals surface area contributed by atoms with Crippen LogP contribution < -0.4 is 10.6 Å². The largest absolute Gasteiger partial charge is 0.348 e. The van der Waals surface area contributed by atoms with Crippen molar-refractivity contribution in [2.24, 2.45) is 0 Å². The molecule has 122 valence electrons. The molecule has 0 aliphatic heterocycles. The Morgan fingerprint density at radius 3 is 2.41 bits per heavy atom. The van der Waals surface area contributed by atoms with Crippen molar-refractivity contribution in [3.05, 3.63) is 29.3 Å². The van der Waals surface area contributed by atoms with Gasteiger partial charge in [-0.3, -0.25) is 9.59 Å². The van der Waals surface area contributed by atoms with Gasteiger partial charge >= 0.3 is 11.8 Å². The van der Waals surface area contributed by atoms with Crippen LogP contribution in [0.2, 0.25) is 0 Å². The second kappa shape index (κ2) is 9.20. The van der Waals surface area contributed by atoms with Gasteiger partial charge in [0.2, 0.25) is 0 Å². The molecule has 2 N–H and O–H groups in total. The molecule has 0 spiro atoms. The van der Waals surface area contributed by atoms with Crippen LogP contribution in [0.4, 0.5) is 5.69 Å². The summed E-state index contributed by atoms with van der Waals surface area (Å²) < 4.78 is 0. The summed E-state index contributed by atoms with van der Waals surface area (Å²) in [4.78, 5) is 26.0. The number of nitrogens with zero attached hydrogens (tertiary/aromatic N) is 1. The highest BCUT2D eigenvalue weighted by molar-refractivity contribution is 6.39. The number of hydrogen-bond acceptors (Lipinski definition) is 3. The Morgan fingerprint density at radius 2 is 1.77 bits per heavy atom. The van der Waals surface area contributed by atoms with E-state index in [0.29, 0.717) is 12.2 Å². The predicted molar refractivity (Wildman–Crippen MR) is 90.0 cm³/mol. The quantitative estimate of drug-likeness (QED) is 0.599. The lowest BCUT2D eigenvalue weighted by Crippen LogP contribution is -2.37. The molecule has 2 amide bonds. The zero-order valence-corrected chi connectivity index (χ0v) is 14.0. The van der Waals surface area contributed by atoms with Crippen LogP contribution in [0.15, 0.2) is 18.2 Å². The smallest absolute Gasteiger partial charge is 0.313 e. The zero-order valence-electron chi connectivity index (χ0n) is 14.0. The number of hydrogen-bond donors (Lipinski definition) is 2. The Balaban J connectivity index is 2.39. The molecule has 0 radical (unpaired) electrons. The molecule has 0 saturated carbocycles. The highest BCUT2D eigenvalue weighted by Gasteiger charge is 2.14. The summed E-state index contributed by atoms with van der Waals surface area (Å²) in [6, 6.07) is 5.63. The highest BCUT2D eigenvalue weighted by atomic mass is 16.2. The normalized spacial score (nSPS) is 10.6. The Morgan fingerprint density at radius 1 is 1.09 bits per heavy atom. The maximum Gasteiger partial charge on any atom is 0.313 e. The molecule has 0 fully saturated rings. The Kier molecular flexibility index (Phi) is 7.60. The third-order valence-electron chi connectivity index (χ3n) is 3.89. The molecule has 0 heterocycles. The number of carbonyl (C=O) groups excluding carboxylic acids is 2. The van der Waals surface area contributed by atoms with Crippen LogP contribution in [-0.4, -0.2) is 42.9 Å². The van der Waals surface area contributed by atoms with Crippen molar-refractivity contribution in [2.75, 3.05) is 31.5 Å². The topological polar surface area (TPSA) is 61.4 Å². The predicted octanol–water partition coefficient (Wildman–Crippen LogP) is 2.09. The second-order valence-electron chi connectivity index (χ2n) is 5.34. The minimum absolute atomic E-state index is 0.509. The number of aryl methyl sites for hydroxylation is 1. The molecule has 1 rings (SSSR count). The Hall–Kier alpha value is -1.88. The van der Waals surface area contributed by atoms with Gasteiger partial charge in [0.1, 0.15) is 0 Å². The molecule has 0 bridgehead atoms. The number of nitrogens with one attached hydrogen (secondary N) is 2.